The van der Waals surface area contributed by atoms with Gasteiger partial charge in [0, 0.05) is 24.7 Å². The van der Waals surface area contributed by atoms with Crippen molar-refractivity contribution in [3.05, 3.63) is 36.4 Å². The first-order chi connectivity index (χ1) is 10.2. The zero-order valence-electron chi connectivity index (χ0n) is 12.3. The number of para-hydroxylation sites is 1. The Morgan fingerprint density at radius 1 is 1.36 bits per heavy atom. The monoisotopic (exact) mass is 317 g/mol. The largest absolute Gasteiger partial charge is 0.464 e. The number of halogens is 3. The molecule has 1 aromatic rings. The van der Waals surface area contributed by atoms with E-state index in [1.807, 2.05) is 0 Å². The zero-order valence-corrected chi connectivity index (χ0v) is 12.3. The van der Waals surface area contributed by atoms with Crippen LogP contribution in [0.5, 0.6) is 0 Å². The van der Waals surface area contributed by atoms with Crippen LogP contribution in [0.25, 0.3) is 5.57 Å². The first kappa shape index (κ1) is 18.0. The fraction of sp³-hybridized carbons (Fsp3) is 0.400. The minimum atomic E-state index is -5.17. The third-order valence-corrected chi connectivity index (χ3v) is 3.13. The molecule has 0 fully saturated rings. The second kappa shape index (κ2) is 6.83. The van der Waals surface area contributed by atoms with Crippen LogP contribution in [-0.4, -0.2) is 36.5 Å². The molecular formula is C15H18F3NO3. The average Bonchev–Trinajstić information content (AvgIpc) is 2.46. The van der Waals surface area contributed by atoms with E-state index in [9.17, 15) is 23.1 Å². The highest BCUT2D eigenvalue weighted by atomic mass is 19.4. The molecule has 0 radical (unpaired) electrons. The quantitative estimate of drug-likeness (QED) is 0.792. The maximum atomic E-state index is 13.1. The molecule has 0 aromatic heterocycles. The molecule has 0 aliphatic carbocycles. The number of benzene rings is 1. The fourth-order valence-corrected chi connectivity index (χ4v) is 1.95. The lowest BCUT2D eigenvalue weighted by Gasteiger charge is -2.29. The van der Waals surface area contributed by atoms with Crippen LogP contribution < -0.4 is 5.32 Å². The molecule has 1 atom stereocenters. The summed E-state index contributed by atoms with van der Waals surface area (Å²) in [5, 5.41) is 12.7. The summed E-state index contributed by atoms with van der Waals surface area (Å²) in [6.45, 7) is 4.66. The summed E-state index contributed by atoms with van der Waals surface area (Å²) in [7, 11) is 1.60. The number of anilines is 1. The van der Waals surface area contributed by atoms with Crippen molar-refractivity contribution in [3.63, 3.8) is 0 Å². The summed E-state index contributed by atoms with van der Waals surface area (Å²) in [5.74, 6) is -1.73. The zero-order chi connectivity index (χ0) is 17.0. The van der Waals surface area contributed by atoms with Crippen LogP contribution >= 0.6 is 0 Å². The molecule has 1 aromatic carbocycles. The van der Waals surface area contributed by atoms with Gasteiger partial charge in [-0.05, 0) is 18.6 Å². The van der Waals surface area contributed by atoms with Gasteiger partial charge in [0.25, 0.3) is 5.60 Å². The highest BCUT2D eigenvalue weighted by Gasteiger charge is 2.60. The van der Waals surface area contributed by atoms with E-state index in [0.717, 1.165) is 0 Å². The second-order valence-electron chi connectivity index (χ2n) is 4.65. The molecule has 0 heterocycles. The van der Waals surface area contributed by atoms with E-state index >= 15 is 0 Å². The Kier molecular flexibility index (Phi) is 5.59. The minimum Gasteiger partial charge on any atom is -0.464 e. The molecular weight excluding hydrogens is 299 g/mol. The molecule has 0 unspecified atom stereocenters. The number of esters is 1. The molecule has 0 amide bonds. The van der Waals surface area contributed by atoms with Gasteiger partial charge in [0.05, 0.1) is 6.61 Å². The van der Waals surface area contributed by atoms with Gasteiger partial charge in [-0.2, -0.15) is 13.2 Å². The van der Waals surface area contributed by atoms with Gasteiger partial charge in [0.1, 0.15) is 0 Å². The van der Waals surface area contributed by atoms with Gasteiger partial charge in [-0.25, -0.2) is 4.79 Å². The third kappa shape index (κ3) is 3.59. The highest BCUT2D eigenvalue weighted by Crippen LogP contribution is 2.39. The Labute approximate surface area is 126 Å². The summed E-state index contributed by atoms with van der Waals surface area (Å²) in [6.07, 6.45) is -6.18. The molecule has 4 nitrogen and oxygen atoms in total. The molecule has 0 aliphatic rings. The fourth-order valence-electron chi connectivity index (χ4n) is 1.95. The predicted octanol–water partition coefficient (Wildman–Crippen LogP) is 2.99. The Balaban J connectivity index is 3.15. The summed E-state index contributed by atoms with van der Waals surface area (Å²) < 4.78 is 43.7. The number of ether oxygens (including phenoxy) is 1. The Hall–Kier alpha value is -2.02. The number of carbonyl (C=O) groups excluding carboxylic acids is 1. The van der Waals surface area contributed by atoms with Gasteiger partial charge in [0.15, 0.2) is 0 Å². The smallest absolute Gasteiger partial charge is 0.428 e. The first-order valence-corrected chi connectivity index (χ1v) is 6.58. The number of carbonyl (C=O) groups is 1. The Bertz CT molecular complexity index is 557. The van der Waals surface area contributed by atoms with Crippen molar-refractivity contribution >= 4 is 17.2 Å². The van der Waals surface area contributed by atoms with Crippen LogP contribution in [-0.2, 0) is 9.53 Å². The van der Waals surface area contributed by atoms with E-state index in [4.69, 9.17) is 0 Å². The molecule has 0 saturated heterocycles. The maximum absolute atomic E-state index is 13.1. The molecule has 1 rings (SSSR count). The van der Waals surface area contributed by atoms with Gasteiger partial charge in [-0.1, -0.05) is 24.8 Å². The van der Waals surface area contributed by atoms with Crippen LogP contribution in [0.4, 0.5) is 18.9 Å². The SMILES string of the molecule is C=C(C[C@@](O)(C(=O)OCC)C(F)(F)F)c1ccccc1NC. The molecule has 0 saturated carbocycles. The van der Waals surface area contributed by atoms with Crippen molar-refractivity contribution in [2.24, 2.45) is 0 Å². The first-order valence-electron chi connectivity index (χ1n) is 6.58. The molecule has 0 spiro atoms. The van der Waals surface area contributed by atoms with Crippen LogP contribution in [0.2, 0.25) is 0 Å². The predicted molar refractivity (Wildman–Crippen MR) is 77.3 cm³/mol. The highest BCUT2D eigenvalue weighted by molar-refractivity contribution is 5.85. The van der Waals surface area contributed by atoms with Gasteiger partial charge in [-0.3, -0.25) is 0 Å². The van der Waals surface area contributed by atoms with Gasteiger partial charge < -0.3 is 15.2 Å². The maximum Gasteiger partial charge on any atom is 0.428 e. The topological polar surface area (TPSA) is 58.6 Å². The van der Waals surface area contributed by atoms with Crippen molar-refractivity contribution in [2.75, 3.05) is 19.0 Å². The van der Waals surface area contributed by atoms with E-state index in [0.29, 0.717) is 11.3 Å². The summed E-state index contributed by atoms with van der Waals surface area (Å²) in [4.78, 5) is 11.6. The average molecular weight is 317 g/mol. The normalized spacial score (nSPS) is 14.1. The second-order valence-corrected chi connectivity index (χ2v) is 4.65. The van der Waals surface area contributed by atoms with Crippen molar-refractivity contribution < 1.29 is 27.8 Å². The number of hydrogen-bond acceptors (Lipinski definition) is 4. The lowest BCUT2D eigenvalue weighted by molar-refractivity contribution is -0.260. The van der Waals surface area contributed by atoms with E-state index in [2.05, 4.69) is 16.6 Å². The number of rotatable bonds is 6. The van der Waals surface area contributed by atoms with E-state index in [-0.39, 0.29) is 12.2 Å². The third-order valence-electron chi connectivity index (χ3n) is 3.13. The molecule has 2 N–H and O–H groups in total. The summed E-state index contributed by atoms with van der Waals surface area (Å²) in [5.41, 5.74) is -2.73. The summed E-state index contributed by atoms with van der Waals surface area (Å²) in [6, 6.07) is 6.52. The van der Waals surface area contributed by atoms with Crippen molar-refractivity contribution in [1.82, 2.24) is 0 Å². The number of nitrogens with one attached hydrogen (secondary N) is 1. The van der Waals surface area contributed by atoms with E-state index in [1.54, 1.807) is 31.3 Å². The van der Waals surface area contributed by atoms with Gasteiger partial charge in [-0.15, -0.1) is 0 Å². The Morgan fingerprint density at radius 2 is 1.95 bits per heavy atom. The van der Waals surface area contributed by atoms with Gasteiger partial charge >= 0.3 is 12.1 Å². The van der Waals surface area contributed by atoms with Crippen molar-refractivity contribution in [2.45, 2.75) is 25.1 Å². The van der Waals surface area contributed by atoms with Crippen molar-refractivity contribution in [3.8, 4) is 0 Å². The number of aliphatic hydroxyl groups is 1. The molecule has 7 heteroatoms. The minimum absolute atomic E-state index is 0.0298. The van der Waals surface area contributed by atoms with Crippen molar-refractivity contribution in [1.29, 1.82) is 0 Å². The molecule has 22 heavy (non-hydrogen) atoms. The van der Waals surface area contributed by atoms with E-state index < -0.39 is 24.2 Å². The van der Waals surface area contributed by atoms with Crippen LogP contribution in [0, 0.1) is 0 Å². The number of hydrogen-bond donors (Lipinski definition) is 2. The molecule has 122 valence electrons. The van der Waals surface area contributed by atoms with E-state index in [1.165, 1.54) is 6.92 Å². The standard InChI is InChI=1S/C15H18F3NO3/c1-4-22-13(20)14(21,15(16,17)18)9-10(2)11-7-5-6-8-12(11)19-3/h5-8,19,21H,2,4,9H2,1,3H3/t14-/m1/s1. The summed E-state index contributed by atoms with van der Waals surface area (Å²) >= 11 is 0. The lowest BCUT2D eigenvalue weighted by atomic mass is 9.90. The number of alkyl halides is 3. The molecule has 0 aliphatic heterocycles. The van der Waals surface area contributed by atoms with Gasteiger partial charge in [0.2, 0.25) is 0 Å². The lowest BCUT2D eigenvalue weighted by Crippen LogP contribution is -2.53. The van der Waals surface area contributed by atoms with Crippen LogP contribution in [0.15, 0.2) is 30.8 Å². The van der Waals surface area contributed by atoms with Crippen LogP contribution in [0.1, 0.15) is 18.9 Å². The molecule has 0 bridgehead atoms. The van der Waals surface area contributed by atoms with Crippen LogP contribution in [0.3, 0.4) is 0 Å². The Morgan fingerprint density at radius 3 is 2.45 bits per heavy atom.